The molecular weight excluding hydrogens is 442 g/mol. The highest BCUT2D eigenvalue weighted by Gasteiger charge is 2.74. The molecule has 174 valence electrons. The highest BCUT2D eigenvalue weighted by atomic mass is 16.5. The maximum Gasteiger partial charge on any atom is 0.241 e. The smallest absolute Gasteiger partial charge is 0.241 e. The SMILES string of the molecule is Cc1ccc([C@@H]2OC3(C(=O)c4ccccc4C3=O)[C@H]3C(=O)N(c4ccc(C)c(C)c4)C(=O)[C@H]23)cc1. The summed E-state index contributed by atoms with van der Waals surface area (Å²) in [5.41, 5.74) is 2.47. The summed E-state index contributed by atoms with van der Waals surface area (Å²) in [7, 11) is 0. The number of ether oxygens (including phenoxy) is 1. The maximum atomic E-state index is 13.9. The Labute approximate surface area is 202 Å². The topological polar surface area (TPSA) is 80.8 Å². The van der Waals surface area contributed by atoms with Gasteiger partial charge in [-0.05, 0) is 49.6 Å². The van der Waals surface area contributed by atoms with Crippen molar-refractivity contribution in [2.75, 3.05) is 4.90 Å². The Kier molecular flexibility index (Phi) is 4.51. The minimum absolute atomic E-state index is 0.227. The number of imide groups is 1. The number of anilines is 1. The van der Waals surface area contributed by atoms with Crippen LogP contribution in [0.5, 0.6) is 0 Å². The van der Waals surface area contributed by atoms with E-state index in [-0.39, 0.29) is 11.1 Å². The van der Waals surface area contributed by atoms with Gasteiger partial charge in [-0.3, -0.25) is 19.2 Å². The normalized spacial score (nSPS) is 24.4. The van der Waals surface area contributed by atoms with E-state index in [1.54, 1.807) is 36.4 Å². The fraction of sp³-hybridized carbons (Fsp3) is 0.241. The third-order valence-electron chi connectivity index (χ3n) is 7.67. The van der Waals surface area contributed by atoms with Crippen LogP contribution in [0.1, 0.15) is 49.1 Å². The van der Waals surface area contributed by atoms with Crippen molar-refractivity contribution in [2.24, 2.45) is 11.8 Å². The molecule has 0 aromatic heterocycles. The Morgan fingerprint density at radius 2 is 1.37 bits per heavy atom. The Balaban J connectivity index is 1.54. The molecule has 0 bridgehead atoms. The number of carbonyl (C=O) groups excluding carboxylic acids is 4. The average molecular weight is 466 g/mol. The van der Waals surface area contributed by atoms with E-state index in [4.69, 9.17) is 4.74 Å². The van der Waals surface area contributed by atoms with Crippen LogP contribution in [0.15, 0.2) is 66.7 Å². The molecule has 2 fully saturated rings. The number of nitrogens with zero attached hydrogens (tertiary/aromatic N) is 1. The summed E-state index contributed by atoms with van der Waals surface area (Å²) in [6, 6.07) is 19.3. The van der Waals surface area contributed by atoms with E-state index < -0.39 is 46.9 Å². The first-order chi connectivity index (χ1) is 16.8. The van der Waals surface area contributed by atoms with Crippen molar-refractivity contribution < 1.29 is 23.9 Å². The second-order valence-corrected chi connectivity index (χ2v) is 9.67. The van der Waals surface area contributed by atoms with Gasteiger partial charge in [-0.2, -0.15) is 0 Å². The zero-order valence-electron chi connectivity index (χ0n) is 19.6. The molecule has 2 aliphatic heterocycles. The van der Waals surface area contributed by atoms with Gasteiger partial charge in [-0.25, -0.2) is 4.90 Å². The molecule has 0 radical (unpaired) electrons. The van der Waals surface area contributed by atoms with E-state index in [9.17, 15) is 19.2 Å². The van der Waals surface area contributed by atoms with Gasteiger partial charge in [-0.15, -0.1) is 0 Å². The van der Waals surface area contributed by atoms with E-state index in [2.05, 4.69) is 0 Å². The molecule has 2 amide bonds. The number of fused-ring (bicyclic) bond motifs is 3. The lowest BCUT2D eigenvalue weighted by atomic mass is 9.77. The summed E-state index contributed by atoms with van der Waals surface area (Å²) >= 11 is 0. The number of aryl methyl sites for hydroxylation is 3. The molecule has 1 spiro atoms. The molecule has 0 N–H and O–H groups in total. The van der Waals surface area contributed by atoms with Gasteiger partial charge in [0.05, 0.1) is 23.6 Å². The molecule has 6 heteroatoms. The molecule has 3 atom stereocenters. The van der Waals surface area contributed by atoms with E-state index >= 15 is 0 Å². The predicted molar refractivity (Wildman–Crippen MR) is 128 cm³/mol. The van der Waals surface area contributed by atoms with Crippen molar-refractivity contribution in [1.82, 2.24) is 0 Å². The minimum Gasteiger partial charge on any atom is -0.349 e. The predicted octanol–water partition coefficient (Wildman–Crippen LogP) is 4.31. The standard InChI is InChI=1S/C29H23NO5/c1-15-8-11-18(12-9-15)24-22-23(28(34)30(27(22)33)19-13-10-16(2)17(3)14-19)29(35-24)25(31)20-6-4-5-7-21(20)26(29)32/h4-14,22-24H,1-3H3/t22-,23+,24-/m0/s1. The van der Waals surface area contributed by atoms with Crippen molar-refractivity contribution >= 4 is 29.1 Å². The summed E-state index contributed by atoms with van der Waals surface area (Å²) in [4.78, 5) is 56.5. The van der Waals surface area contributed by atoms with Crippen LogP contribution in [0.2, 0.25) is 0 Å². The molecule has 2 saturated heterocycles. The quantitative estimate of drug-likeness (QED) is 0.416. The van der Waals surface area contributed by atoms with E-state index in [1.165, 1.54) is 0 Å². The fourth-order valence-electron chi connectivity index (χ4n) is 5.69. The molecule has 3 aromatic rings. The Hall–Kier alpha value is -3.90. The molecule has 1 aliphatic carbocycles. The number of carbonyl (C=O) groups is 4. The monoisotopic (exact) mass is 465 g/mol. The van der Waals surface area contributed by atoms with Gasteiger partial charge >= 0.3 is 0 Å². The number of hydrogen-bond acceptors (Lipinski definition) is 5. The molecular formula is C29H23NO5. The highest BCUT2D eigenvalue weighted by Crippen LogP contribution is 2.57. The highest BCUT2D eigenvalue weighted by molar-refractivity contribution is 6.37. The Bertz CT molecular complexity index is 1420. The number of amides is 2. The molecule has 35 heavy (non-hydrogen) atoms. The first-order valence-electron chi connectivity index (χ1n) is 11.6. The largest absolute Gasteiger partial charge is 0.349 e. The summed E-state index contributed by atoms with van der Waals surface area (Å²) in [5.74, 6) is -4.37. The van der Waals surface area contributed by atoms with Crippen LogP contribution in [-0.4, -0.2) is 29.0 Å². The van der Waals surface area contributed by atoms with Crippen LogP contribution < -0.4 is 4.90 Å². The van der Waals surface area contributed by atoms with Crippen LogP contribution in [0.25, 0.3) is 0 Å². The van der Waals surface area contributed by atoms with Crippen molar-refractivity contribution in [1.29, 1.82) is 0 Å². The molecule has 3 aliphatic rings. The number of benzene rings is 3. The van der Waals surface area contributed by atoms with E-state index in [0.29, 0.717) is 11.3 Å². The van der Waals surface area contributed by atoms with Gasteiger partial charge in [0, 0.05) is 11.1 Å². The summed E-state index contributed by atoms with van der Waals surface area (Å²) in [5, 5.41) is 0. The van der Waals surface area contributed by atoms with Crippen LogP contribution in [0, 0.1) is 32.6 Å². The number of hydrogen-bond donors (Lipinski definition) is 0. The van der Waals surface area contributed by atoms with Crippen LogP contribution in [0.4, 0.5) is 5.69 Å². The molecule has 6 rings (SSSR count). The van der Waals surface area contributed by atoms with Crippen LogP contribution in [-0.2, 0) is 14.3 Å². The van der Waals surface area contributed by atoms with Crippen molar-refractivity contribution in [3.63, 3.8) is 0 Å². The lowest BCUT2D eigenvalue weighted by molar-refractivity contribution is -0.127. The molecule has 6 nitrogen and oxygen atoms in total. The van der Waals surface area contributed by atoms with Crippen LogP contribution >= 0.6 is 0 Å². The first-order valence-corrected chi connectivity index (χ1v) is 11.6. The number of ketones is 2. The van der Waals surface area contributed by atoms with Gasteiger partial charge in [0.25, 0.3) is 0 Å². The first kappa shape index (κ1) is 21.6. The zero-order chi connectivity index (χ0) is 24.6. The van der Waals surface area contributed by atoms with Crippen molar-refractivity contribution in [3.8, 4) is 0 Å². The fourth-order valence-corrected chi connectivity index (χ4v) is 5.69. The zero-order valence-corrected chi connectivity index (χ0v) is 19.6. The lowest BCUT2D eigenvalue weighted by Gasteiger charge is -2.27. The van der Waals surface area contributed by atoms with Crippen LogP contribution in [0.3, 0.4) is 0 Å². The van der Waals surface area contributed by atoms with Crippen molar-refractivity contribution in [3.05, 3.63) is 100 Å². The minimum atomic E-state index is -2.05. The Morgan fingerprint density at radius 1 is 0.743 bits per heavy atom. The third-order valence-corrected chi connectivity index (χ3v) is 7.67. The lowest BCUT2D eigenvalue weighted by Crippen LogP contribution is -2.51. The second kappa shape index (κ2) is 7.30. The van der Waals surface area contributed by atoms with Gasteiger partial charge < -0.3 is 4.74 Å². The van der Waals surface area contributed by atoms with E-state index in [1.807, 2.05) is 51.1 Å². The average Bonchev–Trinajstić information content (AvgIpc) is 3.41. The number of Topliss-reactive ketones (excluding diaryl/α,β-unsaturated/α-hetero) is 2. The third kappa shape index (κ3) is 2.74. The summed E-state index contributed by atoms with van der Waals surface area (Å²) in [6.07, 6.45) is -0.907. The van der Waals surface area contributed by atoms with Gasteiger partial charge in [0.1, 0.15) is 0 Å². The Morgan fingerprint density at radius 3 is 1.97 bits per heavy atom. The molecule has 0 unspecified atom stereocenters. The summed E-state index contributed by atoms with van der Waals surface area (Å²) in [6.45, 7) is 5.80. The second-order valence-electron chi connectivity index (χ2n) is 9.67. The van der Waals surface area contributed by atoms with Gasteiger partial charge in [0.2, 0.25) is 29.0 Å². The molecule has 2 heterocycles. The molecule has 3 aromatic carbocycles. The van der Waals surface area contributed by atoms with Gasteiger partial charge in [0.15, 0.2) is 0 Å². The molecule has 0 saturated carbocycles. The van der Waals surface area contributed by atoms with Crippen molar-refractivity contribution in [2.45, 2.75) is 32.5 Å². The maximum absolute atomic E-state index is 13.9. The number of rotatable bonds is 2. The van der Waals surface area contributed by atoms with E-state index in [0.717, 1.165) is 21.6 Å². The summed E-state index contributed by atoms with van der Waals surface area (Å²) < 4.78 is 6.31. The van der Waals surface area contributed by atoms with Gasteiger partial charge in [-0.1, -0.05) is 60.2 Å².